The van der Waals surface area contributed by atoms with Gasteiger partial charge in [-0.3, -0.25) is 4.79 Å². The Kier molecular flexibility index (Phi) is 5.47. The van der Waals surface area contributed by atoms with E-state index in [1.807, 2.05) is 17.0 Å². The van der Waals surface area contributed by atoms with Crippen molar-refractivity contribution in [1.29, 1.82) is 0 Å². The van der Waals surface area contributed by atoms with Crippen LogP contribution in [0.2, 0.25) is 0 Å². The highest BCUT2D eigenvalue weighted by Gasteiger charge is 2.40. The van der Waals surface area contributed by atoms with Crippen LogP contribution in [-0.4, -0.2) is 44.1 Å². The molecule has 1 aliphatic carbocycles. The average Bonchev–Trinajstić information content (AvgIpc) is 3.07. The molecule has 2 aliphatic heterocycles. The Morgan fingerprint density at radius 2 is 1.97 bits per heavy atom. The van der Waals surface area contributed by atoms with Crippen LogP contribution in [0.3, 0.4) is 0 Å². The molecule has 2 N–H and O–H groups in total. The summed E-state index contributed by atoms with van der Waals surface area (Å²) in [5.41, 5.74) is 3.52. The fraction of sp³-hybridized carbons (Fsp3) is 0.455. The van der Waals surface area contributed by atoms with Gasteiger partial charge in [-0.2, -0.15) is 0 Å². The van der Waals surface area contributed by atoms with Crippen LogP contribution < -0.4 is 20.1 Å². The first-order valence-electron chi connectivity index (χ1n) is 10.1. The molecule has 7 nitrogen and oxygen atoms in total. The molecule has 3 aliphatic rings. The average molecular weight is 397 g/mol. The predicted octanol–water partition coefficient (Wildman–Crippen LogP) is 3.04. The Labute approximate surface area is 170 Å². The Balaban J connectivity index is 1.55. The first-order chi connectivity index (χ1) is 14.1. The Morgan fingerprint density at radius 3 is 2.69 bits per heavy atom. The van der Waals surface area contributed by atoms with Gasteiger partial charge in [0.05, 0.1) is 38.1 Å². The highest BCUT2D eigenvalue weighted by molar-refractivity contribution is 6.01. The standard InChI is InChI=1S/C22H27N3O4/c1-28-17-9-8-15(12-18(17)29-2)20-19-16(23-22(27)24-20)13-25(21(19)26)11-10-14-6-4-3-5-7-14/h6,8-9,12,20H,3-5,7,10-11,13H2,1-2H3,(H2,23,24,27)/t20-/m1/s1. The second-order valence-corrected chi connectivity index (χ2v) is 7.62. The summed E-state index contributed by atoms with van der Waals surface area (Å²) < 4.78 is 10.7. The maximum Gasteiger partial charge on any atom is 0.319 e. The van der Waals surface area contributed by atoms with Gasteiger partial charge < -0.3 is 25.0 Å². The molecule has 0 saturated heterocycles. The minimum Gasteiger partial charge on any atom is -0.493 e. The number of methoxy groups -OCH3 is 2. The lowest BCUT2D eigenvalue weighted by atomic mass is 9.95. The summed E-state index contributed by atoms with van der Waals surface area (Å²) in [6, 6.07) is 4.64. The molecule has 1 atom stereocenters. The number of allylic oxidation sites excluding steroid dienone is 1. The zero-order valence-electron chi connectivity index (χ0n) is 16.9. The molecule has 0 saturated carbocycles. The number of carbonyl (C=O) groups excluding carboxylic acids is 2. The van der Waals surface area contributed by atoms with Crippen LogP contribution in [0.4, 0.5) is 4.79 Å². The van der Waals surface area contributed by atoms with Crippen LogP contribution in [0.25, 0.3) is 0 Å². The van der Waals surface area contributed by atoms with Crippen molar-refractivity contribution in [1.82, 2.24) is 15.5 Å². The maximum atomic E-state index is 13.2. The van der Waals surface area contributed by atoms with E-state index in [2.05, 4.69) is 16.7 Å². The molecule has 4 rings (SSSR count). The van der Waals surface area contributed by atoms with Gasteiger partial charge in [0.25, 0.3) is 5.91 Å². The van der Waals surface area contributed by atoms with Gasteiger partial charge in [-0.05, 0) is 49.8 Å². The van der Waals surface area contributed by atoms with Crippen LogP contribution in [0.15, 0.2) is 41.1 Å². The molecule has 0 aromatic heterocycles. The lowest BCUT2D eigenvalue weighted by Crippen LogP contribution is -2.44. The zero-order chi connectivity index (χ0) is 20.4. The van der Waals surface area contributed by atoms with E-state index in [1.165, 1.54) is 18.4 Å². The molecule has 0 radical (unpaired) electrons. The van der Waals surface area contributed by atoms with Crippen LogP contribution in [-0.2, 0) is 4.79 Å². The number of rotatable bonds is 6. The minimum atomic E-state index is -0.509. The number of ether oxygens (including phenoxy) is 2. The van der Waals surface area contributed by atoms with Crippen molar-refractivity contribution in [2.75, 3.05) is 27.3 Å². The van der Waals surface area contributed by atoms with Gasteiger partial charge in [0, 0.05) is 6.54 Å². The normalized spacial score (nSPS) is 21.4. The number of hydrogen-bond acceptors (Lipinski definition) is 4. The molecule has 0 bridgehead atoms. The van der Waals surface area contributed by atoms with E-state index in [0.717, 1.165) is 24.8 Å². The summed E-state index contributed by atoms with van der Waals surface area (Å²) in [5.74, 6) is 1.14. The van der Waals surface area contributed by atoms with Gasteiger partial charge in [0.15, 0.2) is 11.5 Å². The molecule has 2 heterocycles. The SMILES string of the molecule is COc1ccc([C@H]2NC(=O)NC3=C2C(=O)N(CCC2=CCCCC2)C3)cc1OC. The highest BCUT2D eigenvalue weighted by atomic mass is 16.5. The van der Waals surface area contributed by atoms with Crippen molar-refractivity contribution in [2.45, 2.75) is 38.1 Å². The molecule has 3 amide bonds. The largest absolute Gasteiger partial charge is 0.493 e. The van der Waals surface area contributed by atoms with Gasteiger partial charge in [-0.25, -0.2) is 4.79 Å². The molecular weight excluding hydrogens is 370 g/mol. The summed E-state index contributed by atoms with van der Waals surface area (Å²) in [4.78, 5) is 27.3. The zero-order valence-corrected chi connectivity index (χ0v) is 16.9. The van der Waals surface area contributed by atoms with Crippen molar-refractivity contribution in [2.24, 2.45) is 0 Å². The Bertz CT molecular complexity index is 890. The lowest BCUT2D eigenvalue weighted by Gasteiger charge is -2.26. The maximum absolute atomic E-state index is 13.2. The Morgan fingerprint density at radius 1 is 1.14 bits per heavy atom. The first-order valence-corrected chi connectivity index (χ1v) is 10.1. The summed E-state index contributed by atoms with van der Waals surface area (Å²) in [7, 11) is 3.14. The van der Waals surface area contributed by atoms with E-state index in [-0.39, 0.29) is 11.9 Å². The monoisotopic (exact) mass is 397 g/mol. The van der Waals surface area contributed by atoms with Gasteiger partial charge in [-0.1, -0.05) is 17.7 Å². The second-order valence-electron chi connectivity index (χ2n) is 7.62. The molecule has 0 spiro atoms. The quantitative estimate of drug-likeness (QED) is 0.723. The molecule has 1 aromatic rings. The fourth-order valence-corrected chi connectivity index (χ4v) is 4.30. The van der Waals surface area contributed by atoms with E-state index >= 15 is 0 Å². The number of nitrogens with one attached hydrogen (secondary N) is 2. The molecular formula is C22H27N3O4. The van der Waals surface area contributed by atoms with Gasteiger partial charge in [-0.15, -0.1) is 0 Å². The number of nitrogens with zero attached hydrogens (tertiary/aromatic N) is 1. The number of urea groups is 1. The topological polar surface area (TPSA) is 79.9 Å². The molecule has 0 unspecified atom stereocenters. The smallest absolute Gasteiger partial charge is 0.319 e. The molecule has 7 heteroatoms. The van der Waals surface area contributed by atoms with Crippen LogP contribution >= 0.6 is 0 Å². The second kappa shape index (κ2) is 8.19. The predicted molar refractivity (Wildman–Crippen MR) is 109 cm³/mol. The Hall–Kier alpha value is -2.96. The van der Waals surface area contributed by atoms with Gasteiger partial charge in [0.2, 0.25) is 0 Å². The van der Waals surface area contributed by atoms with E-state index in [4.69, 9.17) is 9.47 Å². The van der Waals surface area contributed by atoms with Crippen LogP contribution in [0.1, 0.15) is 43.7 Å². The van der Waals surface area contributed by atoms with E-state index in [0.29, 0.717) is 35.9 Å². The van der Waals surface area contributed by atoms with Crippen molar-refractivity contribution in [3.8, 4) is 11.5 Å². The number of carbonyl (C=O) groups is 2. The molecule has 29 heavy (non-hydrogen) atoms. The lowest BCUT2D eigenvalue weighted by molar-refractivity contribution is -0.125. The van der Waals surface area contributed by atoms with Crippen molar-refractivity contribution >= 4 is 11.9 Å². The summed E-state index contributed by atoms with van der Waals surface area (Å²) in [6.07, 6.45) is 7.96. The van der Waals surface area contributed by atoms with Crippen molar-refractivity contribution < 1.29 is 19.1 Å². The summed E-state index contributed by atoms with van der Waals surface area (Å²) >= 11 is 0. The fourth-order valence-electron chi connectivity index (χ4n) is 4.30. The van der Waals surface area contributed by atoms with Crippen LogP contribution in [0, 0.1) is 0 Å². The van der Waals surface area contributed by atoms with E-state index < -0.39 is 6.04 Å². The highest BCUT2D eigenvalue weighted by Crippen LogP contribution is 2.36. The van der Waals surface area contributed by atoms with Gasteiger partial charge in [0.1, 0.15) is 0 Å². The number of amides is 3. The number of hydrogen-bond donors (Lipinski definition) is 2. The van der Waals surface area contributed by atoms with Crippen molar-refractivity contribution in [3.05, 3.63) is 46.7 Å². The molecule has 0 fully saturated rings. The molecule has 154 valence electrons. The third-order valence-corrected chi connectivity index (χ3v) is 5.85. The van der Waals surface area contributed by atoms with Crippen LogP contribution in [0.5, 0.6) is 11.5 Å². The molecule has 1 aromatic carbocycles. The van der Waals surface area contributed by atoms with Gasteiger partial charge >= 0.3 is 6.03 Å². The summed E-state index contributed by atoms with van der Waals surface area (Å²) in [6.45, 7) is 1.12. The minimum absolute atomic E-state index is 0.0244. The van der Waals surface area contributed by atoms with Crippen molar-refractivity contribution in [3.63, 3.8) is 0 Å². The van der Waals surface area contributed by atoms with E-state index in [9.17, 15) is 9.59 Å². The summed E-state index contributed by atoms with van der Waals surface area (Å²) in [5, 5.41) is 5.71. The third kappa shape index (κ3) is 3.81. The first kappa shape index (κ1) is 19.4. The number of benzene rings is 1. The van der Waals surface area contributed by atoms with E-state index in [1.54, 1.807) is 20.3 Å². The third-order valence-electron chi connectivity index (χ3n) is 5.85.